The molecule has 1 aromatic carbocycles. The summed E-state index contributed by atoms with van der Waals surface area (Å²) >= 11 is 0. The highest BCUT2D eigenvalue weighted by Gasteiger charge is 2.18. The summed E-state index contributed by atoms with van der Waals surface area (Å²) in [5, 5.41) is 3.27. The molecule has 1 unspecified atom stereocenters. The fourth-order valence-electron chi connectivity index (χ4n) is 2.64. The van der Waals surface area contributed by atoms with Crippen molar-refractivity contribution in [1.29, 1.82) is 0 Å². The van der Waals surface area contributed by atoms with Crippen LogP contribution < -0.4 is 5.32 Å². The van der Waals surface area contributed by atoms with Gasteiger partial charge in [0, 0.05) is 37.2 Å². The molecule has 2 heterocycles. The van der Waals surface area contributed by atoms with Crippen LogP contribution in [-0.2, 0) is 22.6 Å². The minimum absolute atomic E-state index is 0.265. The number of carbonyl (C=O) groups excluding carboxylic acids is 1. The van der Waals surface area contributed by atoms with Crippen LogP contribution in [-0.4, -0.2) is 28.7 Å². The Morgan fingerprint density at radius 2 is 1.88 bits per heavy atom. The number of pyridine rings is 1. The van der Waals surface area contributed by atoms with Crippen molar-refractivity contribution in [1.82, 2.24) is 14.9 Å². The molecule has 5 nitrogen and oxygen atoms in total. The van der Waals surface area contributed by atoms with Gasteiger partial charge in [-0.05, 0) is 29.8 Å². The normalized spacial score (nSPS) is 11.9. The number of benzene rings is 1. The molecule has 128 valence electrons. The summed E-state index contributed by atoms with van der Waals surface area (Å²) in [6.45, 7) is 1.12. The van der Waals surface area contributed by atoms with Crippen LogP contribution in [0.15, 0.2) is 73.2 Å². The lowest BCUT2D eigenvalue weighted by Crippen LogP contribution is -2.40. The van der Waals surface area contributed by atoms with E-state index in [2.05, 4.69) is 10.3 Å². The van der Waals surface area contributed by atoms with Crippen LogP contribution >= 0.6 is 0 Å². The topological polar surface area (TPSA) is 56.1 Å². The van der Waals surface area contributed by atoms with Gasteiger partial charge in [0.1, 0.15) is 6.04 Å². The number of hydrogen-bond donors (Lipinski definition) is 1. The highest BCUT2D eigenvalue weighted by atomic mass is 16.5. The summed E-state index contributed by atoms with van der Waals surface area (Å²) in [5.41, 5.74) is 3.12. The minimum Gasteiger partial charge on any atom is -0.468 e. The SMILES string of the molecule is COC(=O)C(Cn1cccc1)NCc1ccc(-c2ccccn2)cc1. The molecule has 3 rings (SSSR count). The Bertz CT molecular complexity index is 784. The second kappa shape index (κ2) is 8.26. The summed E-state index contributed by atoms with van der Waals surface area (Å²) in [5.74, 6) is -0.265. The van der Waals surface area contributed by atoms with Gasteiger partial charge in [-0.25, -0.2) is 0 Å². The average Bonchev–Trinajstić information content (AvgIpc) is 3.19. The molecule has 0 saturated heterocycles. The average molecular weight is 335 g/mol. The predicted molar refractivity (Wildman–Crippen MR) is 96.7 cm³/mol. The van der Waals surface area contributed by atoms with E-state index in [1.165, 1.54) is 7.11 Å². The van der Waals surface area contributed by atoms with E-state index in [-0.39, 0.29) is 5.97 Å². The third-order valence-corrected chi connectivity index (χ3v) is 4.01. The van der Waals surface area contributed by atoms with Crippen LogP contribution in [0.25, 0.3) is 11.3 Å². The van der Waals surface area contributed by atoms with Crippen LogP contribution in [0.1, 0.15) is 5.56 Å². The Morgan fingerprint density at radius 3 is 2.52 bits per heavy atom. The van der Waals surface area contributed by atoms with Crippen LogP contribution in [0.5, 0.6) is 0 Å². The Kier molecular flexibility index (Phi) is 5.59. The van der Waals surface area contributed by atoms with Crippen LogP contribution in [0.2, 0.25) is 0 Å². The molecule has 1 N–H and O–H groups in total. The van der Waals surface area contributed by atoms with Gasteiger partial charge in [-0.1, -0.05) is 30.3 Å². The number of aromatic nitrogens is 2. The molecule has 0 aliphatic heterocycles. The van der Waals surface area contributed by atoms with Gasteiger partial charge in [-0.3, -0.25) is 15.1 Å². The smallest absolute Gasteiger partial charge is 0.324 e. The number of nitrogens with one attached hydrogen (secondary N) is 1. The maximum Gasteiger partial charge on any atom is 0.324 e. The monoisotopic (exact) mass is 335 g/mol. The van der Waals surface area contributed by atoms with Crippen molar-refractivity contribution >= 4 is 5.97 Å². The van der Waals surface area contributed by atoms with Gasteiger partial charge >= 0.3 is 5.97 Å². The van der Waals surface area contributed by atoms with Crippen molar-refractivity contribution in [3.8, 4) is 11.3 Å². The van der Waals surface area contributed by atoms with E-state index in [9.17, 15) is 4.79 Å². The second-order valence-electron chi connectivity index (χ2n) is 5.75. The van der Waals surface area contributed by atoms with E-state index in [0.29, 0.717) is 13.1 Å². The van der Waals surface area contributed by atoms with Crippen LogP contribution in [0.3, 0.4) is 0 Å². The molecular formula is C20H21N3O2. The standard InChI is InChI=1S/C20H21N3O2/c1-25-20(24)19(15-23-12-4-5-13-23)22-14-16-7-9-17(10-8-16)18-6-2-3-11-21-18/h2-13,19,22H,14-15H2,1H3. The summed E-state index contributed by atoms with van der Waals surface area (Å²) in [7, 11) is 1.41. The third kappa shape index (κ3) is 4.55. The van der Waals surface area contributed by atoms with E-state index in [1.54, 1.807) is 6.20 Å². The van der Waals surface area contributed by atoms with Crippen molar-refractivity contribution in [2.24, 2.45) is 0 Å². The molecule has 0 amide bonds. The molecule has 0 spiro atoms. The van der Waals surface area contributed by atoms with Crippen LogP contribution in [0, 0.1) is 0 Å². The molecule has 0 aliphatic carbocycles. The highest BCUT2D eigenvalue weighted by Crippen LogP contribution is 2.16. The van der Waals surface area contributed by atoms with Gasteiger partial charge in [0.2, 0.25) is 0 Å². The lowest BCUT2D eigenvalue weighted by Gasteiger charge is -2.17. The molecule has 0 fully saturated rings. The number of rotatable bonds is 7. The van der Waals surface area contributed by atoms with Gasteiger partial charge in [0.15, 0.2) is 0 Å². The van der Waals surface area contributed by atoms with E-state index in [1.807, 2.05) is 71.6 Å². The fourth-order valence-corrected chi connectivity index (χ4v) is 2.64. The summed E-state index contributed by atoms with van der Waals surface area (Å²) in [6.07, 6.45) is 5.64. The summed E-state index contributed by atoms with van der Waals surface area (Å²) in [4.78, 5) is 16.3. The Balaban J connectivity index is 1.63. The van der Waals surface area contributed by atoms with Gasteiger partial charge in [-0.2, -0.15) is 0 Å². The molecule has 0 bridgehead atoms. The lowest BCUT2D eigenvalue weighted by atomic mass is 10.1. The number of esters is 1. The first-order valence-corrected chi connectivity index (χ1v) is 8.18. The number of hydrogen-bond acceptors (Lipinski definition) is 4. The molecule has 0 radical (unpaired) electrons. The predicted octanol–water partition coefficient (Wildman–Crippen LogP) is 2.88. The second-order valence-corrected chi connectivity index (χ2v) is 5.75. The number of methoxy groups -OCH3 is 1. The maximum absolute atomic E-state index is 12.0. The quantitative estimate of drug-likeness (QED) is 0.675. The lowest BCUT2D eigenvalue weighted by molar-refractivity contribution is -0.143. The van der Waals surface area contributed by atoms with E-state index >= 15 is 0 Å². The Morgan fingerprint density at radius 1 is 1.12 bits per heavy atom. The molecule has 1 atom stereocenters. The third-order valence-electron chi connectivity index (χ3n) is 4.01. The van der Waals surface area contributed by atoms with Crippen molar-refractivity contribution in [2.45, 2.75) is 19.1 Å². The maximum atomic E-state index is 12.0. The van der Waals surface area contributed by atoms with Crippen molar-refractivity contribution in [2.75, 3.05) is 7.11 Å². The largest absolute Gasteiger partial charge is 0.468 e. The number of ether oxygens (including phenoxy) is 1. The summed E-state index contributed by atoms with van der Waals surface area (Å²) < 4.78 is 6.86. The minimum atomic E-state index is -0.395. The van der Waals surface area contributed by atoms with Crippen LogP contribution in [0.4, 0.5) is 0 Å². The molecule has 2 aromatic heterocycles. The number of nitrogens with zero attached hydrogens (tertiary/aromatic N) is 2. The molecule has 5 heteroatoms. The fraction of sp³-hybridized carbons (Fsp3) is 0.200. The zero-order chi connectivity index (χ0) is 17.5. The molecule has 3 aromatic rings. The molecule has 0 saturated carbocycles. The van der Waals surface area contributed by atoms with Gasteiger partial charge in [0.25, 0.3) is 0 Å². The highest BCUT2D eigenvalue weighted by molar-refractivity contribution is 5.75. The Hall–Kier alpha value is -2.92. The van der Waals surface area contributed by atoms with E-state index < -0.39 is 6.04 Å². The zero-order valence-corrected chi connectivity index (χ0v) is 14.1. The molecular weight excluding hydrogens is 314 g/mol. The van der Waals surface area contributed by atoms with Crippen molar-refractivity contribution < 1.29 is 9.53 Å². The Labute approximate surface area is 147 Å². The first-order chi connectivity index (χ1) is 12.3. The molecule has 0 aliphatic rings. The number of carbonyl (C=O) groups is 1. The van der Waals surface area contributed by atoms with Crippen molar-refractivity contribution in [3.05, 3.63) is 78.8 Å². The first-order valence-electron chi connectivity index (χ1n) is 8.18. The van der Waals surface area contributed by atoms with Gasteiger partial charge in [0.05, 0.1) is 12.8 Å². The van der Waals surface area contributed by atoms with Crippen molar-refractivity contribution in [3.63, 3.8) is 0 Å². The zero-order valence-electron chi connectivity index (χ0n) is 14.1. The summed E-state index contributed by atoms with van der Waals surface area (Å²) in [6, 6.07) is 17.5. The first kappa shape index (κ1) is 16.9. The van der Waals surface area contributed by atoms with Gasteiger partial charge < -0.3 is 9.30 Å². The van der Waals surface area contributed by atoms with Gasteiger partial charge in [-0.15, -0.1) is 0 Å². The van der Waals surface area contributed by atoms with E-state index in [0.717, 1.165) is 16.8 Å². The van der Waals surface area contributed by atoms with E-state index in [4.69, 9.17) is 4.74 Å². The molecule has 25 heavy (non-hydrogen) atoms.